The molecule has 0 unspecified atom stereocenters. The van der Waals surface area contributed by atoms with E-state index in [1.54, 1.807) is 28.9 Å². The van der Waals surface area contributed by atoms with Crippen LogP contribution >= 0.6 is 0 Å². The summed E-state index contributed by atoms with van der Waals surface area (Å²) in [5.41, 5.74) is 4.97. The summed E-state index contributed by atoms with van der Waals surface area (Å²) in [6.45, 7) is 7.55. The Morgan fingerprint density at radius 2 is 1.76 bits per heavy atom. The van der Waals surface area contributed by atoms with Crippen molar-refractivity contribution in [3.05, 3.63) is 64.2 Å². The maximum absolute atomic E-state index is 12.6. The minimum Gasteiger partial charge on any atom is -0.465 e. The summed E-state index contributed by atoms with van der Waals surface area (Å²) in [6.07, 6.45) is 0.144. The Hall–Kier alpha value is -3.55. The highest BCUT2D eigenvalue weighted by molar-refractivity contribution is 5.95. The van der Waals surface area contributed by atoms with E-state index in [0.29, 0.717) is 17.2 Å². The number of hydrogen-bond donors (Lipinski definition) is 1. The molecule has 2 aromatic heterocycles. The van der Waals surface area contributed by atoms with Gasteiger partial charge in [-0.2, -0.15) is 5.10 Å². The monoisotopic (exact) mass is 393 g/mol. The second-order valence-corrected chi connectivity index (χ2v) is 6.81. The van der Waals surface area contributed by atoms with E-state index in [9.17, 15) is 9.59 Å². The first-order valence-electron chi connectivity index (χ1n) is 9.14. The summed E-state index contributed by atoms with van der Waals surface area (Å²) < 4.78 is 6.37. The Kier molecular flexibility index (Phi) is 5.72. The van der Waals surface area contributed by atoms with Crippen molar-refractivity contribution in [2.45, 2.75) is 34.1 Å². The lowest BCUT2D eigenvalue weighted by atomic mass is 10.1. The van der Waals surface area contributed by atoms with E-state index in [4.69, 9.17) is 4.74 Å². The molecular weight excluding hydrogens is 370 g/mol. The van der Waals surface area contributed by atoms with E-state index in [1.807, 2.05) is 33.8 Å². The van der Waals surface area contributed by atoms with Crippen molar-refractivity contribution >= 4 is 17.6 Å². The number of nitrogens with zero attached hydrogens (tertiary/aromatic N) is 4. The van der Waals surface area contributed by atoms with Crippen molar-refractivity contribution in [3.8, 4) is 5.95 Å². The number of benzene rings is 1. The highest BCUT2D eigenvalue weighted by Gasteiger charge is 2.18. The molecule has 0 saturated carbocycles. The highest BCUT2D eigenvalue weighted by atomic mass is 16.5. The minimum atomic E-state index is -0.456. The van der Waals surface area contributed by atoms with Gasteiger partial charge in [0.1, 0.15) is 0 Å². The van der Waals surface area contributed by atoms with Crippen LogP contribution in [-0.2, 0) is 16.0 Å². The number of hydrogen-bond acceptors (Lipinski definition) is 6. The zero-order valence-electron chi connectivity index (χ0n) is 17.1. The summed E-state index contributed by atoms with van der Waals surface area (Å²) >= 11 is 0. The zero-order chi connectivity index (χ0) is 21.1. The fourth-order valence-electron chi connectivity index (χ4n) is 3.14. The first-order valence-corrected chi connectivity index (χ1v) is 9.14. The van der Waals surface area contributed by atoms with Gasteiger partial charge in [-0.3, -0.25) is 4.79 Å². The zero-order valence-corrected chi connectivity index (χ0v) is 17.1. The molecule has 0 aliphatic heterocycles. The number of carbonyl (C=O) groups excluding carboxylic acids is 2. The van der Waals surface area contributed by atoms with E-state index >= 15 is 0 Å². The van der Waals surface area contributed by atoms with Crippen molar-refractivity contribution < 1.29 is 14.3 Å². The Labute approximate surface area is 168 Å². The summed E-state index contributed by atoms with van der Waals surface area (Å²) in [7, 11) is 1.32. The number of methoxy groups -OCH3 is 1. The van der Waals surface area contributed by atoms with Crippen LogP contribution < -0.4 is 5.32 Å². The van der Waals surface area contributed by atoms with Gasteiger partial charge in [0.05, 0.1) is 24.8 Å². The van der Waals surface area contributed by atoms with E-state index in [-0.39, 0.29) is 12.3 Å². The number of nitrogens with one attached hydrogen (secondary N) is 1. The van der Waals surface area contributed by atoms with Crippen molar-refractivity contribution in [2.75, 3.05) is 12.4 Å². The molecule has 0 spiro atoms. The summed E-state index contributed by atoms with van der Waals surface area (Å²) in [5, 5.41) is 7.34. The number of rotatable bonds is 5. The Morgan fingerprint density at radius 3 is 2.41 bits per heavy atom. The van der Waals surface area contributed by atoms with Gasteiger partial charge < -0.3 is 10.1 Å². The van der Waals surface area contributed by atoms with Crippen LogP contribution in [-0.4, -0.2) is 38.7 Å². The number of aromatic nitrogens is 4. The van der Waals surface area contributed by atoms with Gasteiger partial charge in [-0.1, -0.05) is 6.07 Å². The average molecular weight is 393 g/mol. The van der Waals surface area contributed by atoms with Gasteiger partial charge in [0.15, 0.2) is 0 Å². The lowest BCUT2D eigenvalue weighted by Gasteiger charge is -2.08. The van der Waals surface area contributed by atoms with E-state index in [2.05, 4.69) is 20.4 Å². The van der Waals surface area contributed by atoms with Crippen LogP contribution in [0.15, 0.2) is 30.3 Å². The lowest BCUT2D eigenvalue weighted by Crippen LogP contribution is -2.16. The Bertz CT molecular complexity index is 1070. The van der Waals surface area contributed by atoms with Crippen LogP contribution in [0.25, 0.3) is 5.95 Å². The van der Waals surface area contributed by atoms with Crippen LogP contribution in [0.4, 0.5) is 5.69 Å². The molecule has 0 saturated heterocycles. The van der Waals surface area contributed by atoms with Gasteiger partial charge in [0.2, 0.25) is 5.91 Å². The van der Waals surface area contributed by atoms with Crippen LogP contribution in [0, 0.1) is 27.7 Å². The number of aryl methyl sites for hydroxylation is 3. The van der Waals surface area contributed by atoms with E-state index in [1.165, 1.54) is 7.11 Å². The van der Waals surface area contributed by atoms with Gasteiger partial charge in [0.25, 0.3) is 5.95 Å². The molecule has 2 heterocycles. The van der Waals surface area contributed by atoms with Crippen molar-refractivity contribution in [1.82, 2.24) is 19.7 Å². The molecule has 3 aromatic rings. The molecule has 0 bridgehead atoms. The largest absolute Gasteiger partial charge is 0.465 e. The second-order valence-electron chi connectivity index (χ2n) is 6.81. The molecule has 1 N–H and O–H groups in total. The molecule has 0 fully saturated rings. The first-order chi connectivity index (χ1) is 13.8. The standard InChI is InChI=1S/C21H23N5O3/c1-12-9-13(2)23-21(22-12)26-15(4)18(14(3)25-26)11-19(27)24-17-8-6-7-16(10-17)20(28)29-5/h6-10H,11H2,1-5H3,(H,24,27). The molecule has 1 amide bonds. The van der Waals surface area contributed by atoms with Crippen LogP contribution in [0.3, 0.4) is 0 Å². The minimum absolute atomic E-state index is 0.144. The van der Waals surface area contributed by atoms with Crippen molar-refractivity contribution in [2.24, 2.45) is 0 Å². The van der Waals surface area contributed by atoms with Crippen LogP contribution in [0.2, 0.25) is 0 Å². The fraction of sp³-hybridized carbons (Fsp3) is 0.286. The fourth-order valence-corrected chi connectivity index (χ4v) is 3.14. The van der Waals surface area contributed by atoms with E-state index < -0.39 is 5.97 Å². The molecule has 1 aromatic carbocycles. The summed E-state index contributed by atoms with van der Waals surface area (Å²) in [6, 6.07) is 8.51. The molecule has 8 heteroatoms. The SMILES string of the molecule is COC(=O)c1cccc(NC(=O)Cc2c(C)nn(-c3nc(C)cc(C)n3)c2C)c1. The summed E-state index contributed by atoms with van der Waals surface area (Å²) in [5.74, 6) is -0.179. The maximum Gasteiger partial charge on any atom is 0.337 e. The van der Waals surface area contributed by atoms with Gasteiger partial charge in [-0.15, -0.1) is 0 Å². The third kappa shape index (κ3) is 4.48. The molecular formula is C21H23N5O3. The molecule has 0 aliphatic carbocycles. The number of carbonyl (C=O) groups is 2. The van der Waals surface area contributed by atoms with Gasteiger partial charge >= 0.3 is 5.97 Å². The Balaban J connectivity index is 1.81. The molecule has 0 atom stereocenters. The third-order valence-electron chi connectivity index (χ3n) is 4.51. The van der Waals surface area contributed by atoms with Crippen molar-refractivity contribution in [3.63, 3.8) is 0 Å². The maximum atomic E-state index is 12.6. The van der Waals surface area contributed by atoms with E-state index in [0.717, 1.165) is 28.3 Å². The Morgan fingerprint density at radius 1 is 1.07 bits per heavy atom. The second kappa shape index (κ2) is 8.22. The average Bonchev–Trinajstić information content (AvgIpc) is 2.95. The number of anilines is 1. The number of esters is 1. The number of amides is 1. The predicted octanol–water partition coefficient (Wildman–Crippen LogP) is 2.86. The molecule has 8 nitrogen and oxygen atoms in total. The topological polar surface area (TPSA) is 99.0 Å². The van der Waals surface area contributed by atoms with Crippen molar-refractivity contribution in [1.29, 1.82) is 0 Å². The van der Waals surface area contributed by atoms with Crippen LogP contribution in [0.1, 0.15) is 38.7 Å². The highest BCUT2D eigenvalue weighted by Crippen LogP contribution is 2.18. The smallest absolute Gasteiger partial charge is 0.337 e. The lowest BCUT2D eigenvalue weighted by molar-refractivity contribution is -0.115. The molecule has 3 rings (SSSR count). The van der Waals surface area contributed by atoms with Gasteiger partial charge in [-0.25, -0.2) is 19.4 Å². The van der Waals surface area contributed by atoms with Gasteiger partial charge in [0, 0.05) is 28.3 Å². The van der Waals surface area contributed by atoms with Crippen LogP contribution in [0.5, 0.6) is 0 Å². The normalized spacial score (nSPS) is 10.7. The predicted molar refractivity (Wildman–Crippen MR) is 108 cm³/mol. The molecule has 0 radical (unpaired) electrons. The quantitative estimate of drug-likeness (QED) is 0.669. The third-order valence-corrected chi connectivity index (χ3v) is 4.51. The first kappa shape index (κ1) is 20.2. The summed E-state index contributed by atoms with van der Waals surface area (Å²) in [4.78, 5) is 33.1. The molecule has 150 valence electrons. The van der Waals surface area contributed by atoms with Gasteiger partial charge in [-0.05, 0) is 52.0 Å². The molecule has 0 aliphatic rings. The number of ether oxygens (including phenoxy) is 1. The molecule has 29 heavy (non-hydrogen) atoms.